The Kier molecular flexibility index (Phi) is 5.48. The summed E-state index contributed by atoms with van der Waals surface area (Å²) in [5, 5.41) is 35.8. The van der Waals surface area contributed by atoms with Crippen LogP contribution < -0.4 is 11.5 Å². The molecule has 3 atom stereocenters. The molecule has 0 unspecified atom stereocenters. The number of hydrogen-bond donors (Lipinski definition) is 6. The summed E-state index contributed by atoms with van der Waals surface area (Å²) < 4.78 is 0. The molecule has 1 fully saturated rings. The van der Waals surface area contributed by atoms with Crippen molar-refractivity contribution in [2.45, 2.75) is 30.9 Å². The number of aliphatic hydroxyl groups excluding tert-OH is 1. The molecule has 1 saturated heterocycles. The number of aliphatic carboxylic acids is 1. The maximum absolute atomic E-state index is 11.6. The van der Waals surface area contributed by atoms with Crippen molar-refractivity contribution in [3.8, 4) is 0 Å². The second-order valence-corrected chi connectivity index (χ2v) is 5.12. The number of carbonyl (C=O) groups is 2. The number of aliphatic hydroxyl groups is 1. The maximum atomic E-state index is 11.6. The third-order valence-corrected chi connectivity index (χ3v) is 3.60. The second kappa shape index (κ2) is 6.50. The van der Waals surface area contributed by atoms with Gasteiger partial charge >= 0.3 is 13.1 Å². The first-order chi connectivity index (χ1) is 9.18. The van der Waals surface area contributed by atoms with E-state index in [0.717, 1.165) is 4.90 Å². The van der Waals surface area contributed by atoms with Crippen LogP contribution in [0.2, 0.25) is 6.32 Å². The molecule has 20 heavy (non-hydrogen) atoms. The van der Waals surface area contributed by atoms with Crippen molar-refractivity contribution in [3.63, 3.8) is 0 Å². The van der Waals surface area contributed by atoms with Crippen molar-refractivity contribution < 1.29 is 29.9 Å². The van der Waals surface area contributed by atoms with E-state index in [2.05, 4.69) is 0 Å². The normalized spacial score (nSPS) is 27.4. The van der Waals surface area contributed by atoms with Gasteiger partial charge in [-0.3, -0.25) is 15.3 Å². The third kappa shape index (κ3) is 3.67. The molecule has 10 heteroatoms. The fourth-order valence-corrected chi connectivity index (χ4v) is 2.43. The van der Waals surface area contributed by atoms with E-state index < -0.39 is 36.7 Å². The van der Waals surface area contributed by atoms with Crippen molar-refractivity contribution >= 4 is 19.0 Å². The van der Waals surface area contributed by atoms with Crippen LogP contribution in [0.25, 0.3) is 0 Å². The average Bonchev–Trinajstić information content (AvgIpc) is 2.67. The summed E-state index contributed by atoms with van der Waals surface area (Å²) in [6, 6.07) is 0. The molecule has 0 saturated carbocycles. The molecule has 0 radical (unpaired) electrons. The van der Waals surface area contributed by atoms with Gasteiger partial charge in [0.1, 0.15) is 5.54 Å². The van der Waals surface area contributed by atoms with E-state index in [1.807, 2.05) is 0 Å². The van der Waals surface area contributed by atoms with E-state index in [-0.39, 0.29) is 19.4 Å². The predicted molar refractivity (Wildman–Crippen MR) is 69.1 cm³/mol. The zero-order valence-electron chi connectivity index (χ0n) is 11.0. The molecular formula is C10H20BN3O6. The molecule has 0 aromatic heterocycles. The Hall–Kier alpha value is -1.20. The van der Waals surface area contributed by atoms with Gasteiger partial charge < -0.3 is 30.9 Å². The number of amides is 1. The van der Waals surface area contributed by atoms with Crippen LogP contribution in [0.3, 0.4) is 0 Å². The van der Waals surface area contributed by atoms with Crippen LogP contribution in [0.15, 0.2) is 0 Å². The smallest absolute Gasteiger partial charge is 0.451 e. The summed E-state index contributed by atoms with van der Waals surface area (Å²) in [5.41, 5.74) is 9.31. The predicted octanol–water partition coefficient (Wildman–Crippen LogP) is -3.24. The topological polar surface area (TPSA) is 170 Å². The molecule has 1 aliphatic rings. The summed E-state index contributed by atoms with van der Waals surface area (Å²) in [4.78, 5) is 24.0. The average molecular weight is 289 g/mol. The SMILES string of the molecule is N[C@@H](O)C(=O)N1C[C@H](CCCB(O)O)[C@](N)(C(=O)O)C1. The van der Waals surface area contributed by atoms with Crippen molar-refractivity contribution in [1.82, 2.24) is 4.90 Å². The van der Waals surface area contributed by atoms with Crippen LogP contribution >= 0.6 is 0 Å². The molecule has 1 heterocycles. The van der Waals surface area contributed by atoms with Gasteiger partial charge in [-0.2, -0.15) is 0 Å². The summed E-state index contributed by atoms with van der Waals surface area (Å²) in [6.45, 7) is -0.167. The lowest BCUT2D eigenvalue weighted by Crippen LogP contribution is -2.55. The highest BCUT2D eigenvalue weighted by Gasteiger charge is 2.50. The molecule has 114 valence electrons. The van der Waals surface area contributed by atoms with Gasteiger partial charge in [0.05, 0.1) is 0 Å². The van der Waals surface area contributed by atoms with E-state index in [9.17, 15) is 14.7 Å². The molecule has 0 spiro atoms. The molecule has 0 bridgehead atoms. The minimum Gasteiger partial charge on any atom is -0.480 e. The zero-order valence-corrected chi connectivity index (χ0v) is 11.0. The number of carbonyl (C=O) groups excluding carboxylic acids is 1. The highest BCUT2D eigenvalue weighted by atomic mass is 16.4. The number of rotatable bonds is 6. The number of carboxylic acid groups (broad SMARTS) is 1. The van der Waals surface area contributed by atoms with Crippen molar-refractivity contribution in [3.05, 3.63) is 0 Å². The number of nitrogens with zero attached hydrogens (tertiary/aromatic N) is 1. The zero-order chi connectivity index (χ0) is 15.5. The highest BCUT2D eigenvalue weighted by molar-refractivity contribution is 6.40. The molecule has 1 aliphatic heterocycles. The fourth-order valence-electron chi connectivity index (χ4n) is 2.43. The van der Waals surface area contributed by atoms with Crippen LogP contribution in [-0.2, 0) is 9.59 Å². The molecular weight excluding hydrogens is 269 g/mol. The second-order valence-electron chi connectivity index (χ2n) is 5.12. The van der Waals surface area contributed by atoms with Crippen LogP contribution in [0.4, 0.5) is 0 Å². The van der Waals surface area contributed by atoms with Crippen LogP contribution in [0.1, 0.15) is 12.8 Å². The summed E-state index contributed by atoms with van der Waals surface area (Å²) in [5.74, 6) is -2.55. The summed E-state index contributed by atoms with van der Waals surface area (Å²) in [6.07, 6.45) is -0.919. The van der Waals surface area contributed by atoms with Gasteiger partial charge in [-0.1, -0.05) is 6.42 Å². The van der Waals surface area contributed by atoms with E-state index in [1.165, 1.54) is 0 Å². The first kappa shape index (κ1) is 16.9. The quantitative estimate of drug-likeness (QED) is 0.219. The van der Waals surface area contributed by atoms with Gasteiger partial charge in [-0.15, -0.1) is 0 Å². The number of carboxylic acids is 1. The number of nitrogens with two attached hydrogens (primary N) is 2. The Morgan fingerprint density at radius 2 is 2.05 bits per heavy atom. The van der Waals surface area contributed by atoms with E-state index in [4.69, 9.17) is 26.6 Å². The molecule has 1 rings (SSSR count). The number of hydrogen-bond acceptors (Lipinski definition) is 7. The lowest BCUT2D eigenvalue weighted by atomic mass is 9.78. The monoisotopic (exact) mass is 289 g/mol. The van der Waals surface area contributed by atoms with E-state index in [0.29, 0.717) is 12.8 Å². The van der Waals surface area contributed by atoms with Crippen LogP contribution in [0.5, 0.6) is 0 Å². The summed E-state index contributed by atoms with van der Waals surface area (Å²) in [7, 11) is -1.46. The van der Waals surface area contributed by atoms with Gasteiger partial charge in [0, 0.05) is 19.0 Å². The Morgan fingerprint density at radius 3 is 2.50 bits per heavy atom. The Labute approximate surface area is 116 Å². The van der Waals surface area contributed by atoms with Gasteiger partial charge in [0.2, 0.25) is 0 Å². The molecule has 9 nitrogen and oxygen atoms in total. The molecule has 8 N–H and O–H groups in total. The lowest BCUT2D eigenvalue weighted by Gasteiger charge is -2.25. The standard InChI is InChI=1S/C10H20BN3O6/c12-7(15)8(16)14-4-6(2-1-3-11(19)20)10(13,5-14)9(17)18/h6-7,15,19-20H,1-5,12-13H2,(H,17,18)/t6-,7-,10-/m0/s1. The first-order valence-corrected chi connectivity index (χ1v) is 6.29. The van der Waals surface area contributed by atoms with Crippen molar-refractivity contribution in [1.29, 1.82) is 0 Å². The molecule has 1 amide bonds. The van der Waals surface area contributed by atoms with Gasteiger partial charge in [-0.25, -0.2) is 0 Å². The first-order valence-electron chi connectivity index (χ1n) is 6.29. The van der Waals surface area contributed by atoms with Crippen molar-refractivity contribution in [2.75, 3.05) is 13.1 Å². The minimum absolute atomic E-state index is 0.0669. The van der Waals surface area contributed by atoms with Gasteiger partial charge in [0.25, 0.3) is 5.91 Å². The maximum Gasteiger partial charge on any atom is 0.451 e. The van der Waals surface area contributed by atoms with Gasteiger partial charge in [-0.05, 0) is 12.7 Å². The molecule has 0 aromatic carbocycles. The highest BCUT2D eigenvalue weighted by Crippen LogP contribution is 2.30. The van der Waals surface area contributed by atoms with Crippen LogP contribution in [0, 0.1) is 5.92 Å². The minimum atomic E-state index is -1.70. The third-order valence-electron chi connectivity index (χ3n) is 3.60. The molecule has 0 aromatic rings. The number of likely N-dealkylation sites (tertiary alicyclic amines) is 1. The fraction of sp³-hybridized carbons (Fsp3) is 0.800. The summed E-state index contributed by atoms with van der Waals surface area (Å²) >= 11 is 0. The van der Waals surface area contributed by atoms with Crippen LogP contribution in [-0.4, -0.2) is 69.0 Å². The van der Waals surface area contributed by atoms with E-state index >= 15 is 0 Å². The Bertz CT molecular complexity index is 380. The Balaban J connectivity index is 2.74. The van der Waals surface area contributed by atoms with Gasteiger partial charge in [0.15, 0.2) is 6.23 Å². The van der Waals surface area contributed by atoms with Crippen molar-refractivity contribution in [2.24, 2.45) is 17.4 Å². The largest absolute Gasteiger partial charge is 0.480 e. The van der Waals surface area contributed by atoms with E-state index in [1.54, 1.807) is 0 Å². The molecule has 0 aliphatic carbocycles. The Morgan fingerprint density at radius 1 is 1.45 bits per heavy atom. The lowest BCUT2D eigenvalue weighted by molar-refractivity contribution is -0.145.